The first kappa shape index (κ1) is 33.4. The second-order valence-corrected chi connectivity index (χ2v) is 16.0. The Hall–Kier alpha value is -6.96. The van der Waals surface area contributed by atoms with Crippen molar-refractivity contribution in [2.24, 2.45) is 0 Å². The van der Waals surface area contributed by atoms with Gasteiger partial charge in [0.25, 0.3) is 0 Å². The number of para-hydroxylation sites is 1. The molecule has 1 nitrogen and oxygen atoms in total. The molecule has 9 aromatic carbocycles. The Balaban J connectivity index is 1.12. The van der Waals surface area contributed by atoms with Crippen molar-refractivity contribution in [3.8, 4) is 44.5 Å². The molecule has 0 saturated heterocycles. The van der Waals surface area contributed by atoms with Crippen molar-refractivity contribution in [1.29, 1.82) is 0 Å². The summed E-state index contributed by atoms with van der Waals surface area (Å²) < 4.78 is 7.32. The van der Waals surface area contributed by atoms with Gasteiger partial charge >= 0.3 is 0 Å². The highest BCUT2D eigenvalue weighted by atomic mass is 16.3. The van der Waals surface area contributed by atoms with Crippen LogP contribution in [0.2, 0.25) is 0 Å². The molecule has 0 N–H and O–H groups in total. The zero-order valence-corrected chi connectivity index (χ0v) is 32.0. The molecule has 0 saturated carbocycles. The van der Waals surface area contributed by atoms with Gasteiger partial charge in [-0.25, -0.2) is 0 Å². The van der Waals surface area contributed by atoms with Gasteiger partial charge in [-0.15, -0.1) is 0 Å². The van der Waals surface area contributed by atoms with Crippen LogP contribution in [-0.2, 0) is 5.41 Å². The minimum atomic E-state index is -0.105. The molecule has 0 spiro atoms. The number of furan rings is 1. The van der Waals surface area contributed by atoms with E-state index in [1.807, 2.05) is 0 Å². The van der Waals surface area contributed by atoms with Crippen molar-refractivity contribution in [1.82, 2.24) is 0 Å². The third kappa shape index (κ3) is 5.38. The molecule has 1 aliphatic rings. The van der Waals surface area contributed by atoms with Gasteiger partial charge in [0.2, 0.25) is 0 Å². The van der Waals surface area contributed by atoms with E-state index in [1.54, 1.807) is 0 Å². The maximum absolute atomic E-state index is 7.32. The largest absolute Gasteiger partial charge is 0.455 e. The Labute approximate surface area is 333 Å². The van der Waals surface area contributed by atoms with Crippen molar-refractivity contribution in [2.75, 3.05) is 0 Å². The molecule has 0 unspecified atom stereocenters. The summed E-state index contributed by atoms with van der Waals surface area (Å²) in [5.74, 6) is -0.0546. The first-order valence-electron chi connectivity index (χ1n) is 20.0. The first-order chi connectivity index (χ1) is 28.0. The molecular formula is C56H40O. The molecule has 57 heavy (non-hydrogen) atoms. The van der Waals surface area contributed by atoms with Gasteiger partial charge < -0.3 is 4.42 Å². The molecule has 0 radical (unpaired) electrons. The summed E-state index contributed by atoms with van der Waals surface area (Å²) >= 11 is 0. The molecule has 0 bridgehead atoms. The molecule has 10 aromatic rings. The second-order valence-electron chi connectivity index (χ2n) is 16.0. The molecule has 0 fully saturated rings. The Kier molecular flexibility index (Phi) is 7.66. The molecule has 0 aliphatic heterocycles. The number of hydrogen-bond donors (Lipinski definition) is 0. The molecule has 1 heterocycles. The molecule has 0 atom stereocenters. The Bertz CT molecular complexity index is 3030. The fraction of sp³-hybridized carbons (Fsp3) is 0.0714. The van der Waals surface area contributed by atoms with Gasteiger partial charge in [0.1, 0.15) is 11.2 Å². The van der Waals surface area contributed by atoms with Crippen LogP contribution in [0.5, 0.6) is 0 Å². The predicted octanol–water partition coefficient (Wildman–Crippen LogP) is 15.2. The quantitative estimate of drug-likeness (QED) is 0.155. The summed E-state index contributed by atoms with van der Waals surface area (Å²) in [4.78, 5) is 0. The van der Waals surface area contributed by atoms with Gasteiger partial charge in [-0.2, -0.15) is 0 Å². The summed E-state index contributed by atoms with van der Waals surface area (Å²) in [6.07, 6.45) is 0. The highest BCUT2D eigenvalue weighted by Gasteiger charge is 2.35. The lowest BCUT2D eigenvalue weighted by molar-refractivity contribution is 0.659. The second kappa shape index (κ2) is 13.1. The Morgan fingerprint density at radius 1 is 0.386 bits per heavy atom. The van der Waals surface area contributed by atoms with Crippen LogP contribution in [0, 0.1) is 0 Å². The number of benzene rings is 9. The van der Waals surface area contributed by atoms with Crippen molar-refractivity contribution in [3.63, 3.8) is 0 Å². The lowest BCUT2D eigenvalue weighted by Crippen LogP contribution is -2.14. The van der Waals surface area contributed by atoms with Crippen LogP contribution in [0.15, 0.2) is 205 Å². The zero-order valence-electron chi connectivity index (χ0n) is 32.0. The minimum absolute atomic E-state index is 0.0546. The standard InChI is InChI=1S/C56H40O/c1-56(2)50-23-12-11-20-45(50)46-33-32-43(35-51(46)56)53-44-19-10-9-18-42(44)34-49-47-21-13-22-48(54(47)57-55(49)53)52(40-28-24-38(25-29-40)36-14-5-3-6-15-36)41-30-26-39(27-31-41)37-16-7-4-8-17-37/h3-35,52H,1-2H3. The van der Waals surface area contributed by atoms with E-state index in [0.29, 0.717) is 0 Å². The van der Waals surface area contributed by atoms with E-state index in [4.69, 9.17) is 4.42 Å². The molecule has 1 heteroatoms. The lowest BCUT2D eigenvalue weighted by Gasteiger charge is -2.22. The summed E-state index contributed by atoms with van der Waals surface area (Å²) in [5, 5.41) is 4.68. The molecular weight excluding hydrogens is 689 g/mol. The number of hydrogen-bond acceptors (Lipinski definition) is 1. The van der Waals surface area contributed by atoms with E-state index in [1.165, 1.54) is 72.0 Å². The van der Waals surface area contributed by atoms with Crippen molar-refractivity contribution in [2.45, 2.75) is 25.2 Å². The third-order valence-electron chi connectivity index (χ3n) is 12.4. The van der Waals surface area contributed by atoms with E-state index >= 15 is 0 Å². The molecule has 1 aromatic heterocycles. The van der Waals surface area contributed by atoms with Crippen molar-refractivity contribution >= 4 is 32.7 Å². The maximum Gasteiger partial charge on any atom is 0.143 e. The van der Waals surface area contributed by atoms with E-state index in [2.05, 4.69) is 214 Å². The average molecular weight is 729 g/mol. The number of rotatable bonds is 6. The highest BCUT2D eigenvalue weighted by Crippen LogP contribution is 2.51. The van der Waals surface area contributed by atoms with Crippen LogP contribution in [-0.4, -0.2) is 0 Å². The van der Waals surface area contributed by atoms with Gasteiger partial charge in [0.05, 0.1) is 0 Å². The van der Waals surface area contributed by atoms with Crippen molar-refractivity contribution in [3.05, 3.63) is 228 Å². The average Bonchev–Trinajstić information content (AvgIpc) is 3.75. The van der Waals surface area contributed by atoms with Gasteiger partial charge in [-0.05, 0) is 84.1 Å². The smallest absolute Gasteiger partial charge is 0.143 e. The first-order valence-corrected chi connectivity index (χ1v) is 20.0. The summed E-state index contributed by atoms with van der Waals surface area (Å²) in [6.45, 7) is 4.71. The van der Waals surface area contributed by atoms with E-state index in [-0.39, 0.29) is 11.3 Å². The monoisotopic (exact) mass is 728 g/mol. The van der Waals surface area contributed by atoms with E-state index in [0.717, 1.165) is 33.1 Å². The highest BCUT2D eigenvalue weighted by molar-refractivity contribution is 6.19. The van der Waals surface area contributed by atoms with Gasteiger partial charge in [0.15, 0.2) is 0 Å². The van der Waals surface area contributed by atoms with E-state index in [9.17, 15) is 0 Å². The van der Waals surface area contributed by atoms with Gasteiger partial charge in [-0.3, -0.25) is 0 Å². The summed E-state index contributed by atoms with van der Waals surface area (Å²) in [7, 11) is 0. The summed E-state index contributed by atoms with van der Waals surface area (Å²) in [6, 6.07) is 73.2. The summed E-state index contributed by atoms with van der Waals surface area (Å²) in [5.41, 5.74) is 17.9. The third-order valence-corrected chi connectivity index (χ3v) is 12.4. The zero-order chi connectivity index (χ0) is 38.1. The minimum Gasteiger partial charge on any atom is -0.455 e. The molecule has 11 rings (SSSR count). The fourth-order valence-corrected chi connectivity index (χ4v) is 9.54. The van der Waals surface area contributed by atoms with Gasteiger partial charge in [-0.1, -0.05) is 202 Å². The molecule has 270 valence electrons. The fourth-order valence-electron chi connectivity index (χ4n) is 9.54. The Morgan fingerprint density at radius 2 is 0.930 bits per heavy atom. The van der Waals surface area contributed by atoms with Gasteiger partial charge in [0, 0.05) is 33.2 Å². The maximum atomic E-state index is 7.32. The normalized spacial score (nSPS) is 13.0. The van der Waals surface area contributed by atoms with Crippen LogP contribution in [0.3, 0.4) is 0 Å². The van der Waals surface area contributed by atoms with E-state index < -0.39 is 0 Å². The number of fused-ring (bicyclic) bond motifs is 7. The Morgan fingerprint density at radius 3 is 1.61 bits per heavy atom. The topological polar surface area (TPSA) is 13.1 Å². The van der Waals surface area contributed by atoms with Crippen LogP contribution >= 0.6 is 0 Å². The lowest BCUT2D eigenvalue weighted by atomic mass is 9.81. The van der Waals surface area contributed by atoms with Crippen molar-refractivity contribution < 1.29 is 4.42 Å². The van der Waals surface area contributed by atoms with Crippen LogP contribution < -0.4 is 0 Å². The van der Waals surface area contributed by atoms with Crippen LogP contribution in [0.1, 0.15) is 47.6 Å². The predicted molar refractivity (Wildman–Crippen MR) is 239 cm³/mol. The van der Waals surface area contributed by atoms with Crippen LogP contribution in [0.4, 0.5) is 0 Å². The molecule has 0 amide bonds. The molecule has 1 aliphatic carbocycles. The van der Waals surface area contributed by atoms with Crippen LogP contribution in [0.25, 0.3) is 77.2 Å². The SMILES string of the molecule is CC1(C)c2ccccc2-c2ccc(-c3c4ccccc4cc4c3oc3c(C(c5ccc(-c6ccccc6)cc5)c5ccc(-c6ccccc6)cc5)cccc34)cc21.